The van der Waals surface area contributed by atoms with Crippen LogP contribution in [0.2, 0.25) is 0 Å². The first-order chi connectivity index (χ1) is 13.8. The van der Waals surface area contributed by atoms with Crippen LogP contribution in [0, 0.1) is 11.3 Å². The Kier molecular flexibility index (Phi) is 5.70. The van der Waals surface area contributed by atoms with Gasteiger partial charge in [-0.3, -0.25) is 4.79 Å². The molecule has 2 aliphatic rings. The Bertz CT molecular complexity index is 880. The minimum absolute atomic E-state index is 0.0797. The summed E-state index contributed by atoms with van der Waals surface area (Å²) >= 11 is 0. The number of aromatic nitrogens is 2. The quantitative estimate of drug-likeness (QED) is 0.745. The molecule has 1 saturated heterocycles. The lowest BCUT2D eigenvalue weighted by Gasteiger charge is -2.30. The first kappa shape index (κ1) is 18.7. The smallest absolute Gasteiger partial charge is 0.329 e. The predicted octanol–water partition coefficient (Wildman–Crippen LogP) is 4.10. The highest BCUT2D eigenvalue weighted by Crippen LogP contribution is 2.31. The van der Waals surface area contributed by atoms with E-state index >= 15 is 0 Å². The van der Waals surface area contributed by atoms with Crippen LogP contribution in [0.5, 0.6) is 0 Å². The van der Waals surface area contributed by atoms with Crippen LogP contribution in [0.3, 0.4) is 0 Å². The highest BCUT2D eigenvalue weighted by Gasteiger charge is 2.32. The Labute approximate surface area is 165 Å². The Morgan fingerprint density at radius 3 is 2.36 bits per heavy atom. The van der Waals surface area contributed by atoms with E-state index in [4.69, 9.17) is 14.7 Å². The molecule has 1 saturated carbocycles. The lowest BCUT2D eigenvalue weighted by Crippen LogP contribution is -2.33. The summed E-state index contributed by atoms with van der Waals surface area (Å²) in [7, 11) is 0. The molecule has 1 atom stereocenters. The molecule has 146 valence electrons. The van der Waals surface area contributed by atoms with Crippen LogP contribution in [0.15, 0.2) is 24.3 Å². The molecule has 1 aromatic heterocycles. The monoisotopic (exact) mass is 378 g/mol. The lowest BCUT2D eigenvalue weighted by molar-refractivity contribution is -0.150. The molecule has 1 aliphatic heterocycles. The van der Waals surface area contributed by atoms with Crippen molar-refractivity contribution in [3.05, 3.63) is 30.0 Å². The van der Waals surface area contributed by atoms with E-state index in [2.05, 4.69) is 11.0 Å². The van der Waals surface area contributed by atoms with Gasteiger partial charge in [-0.1, -0.05) is 18.6 Å². The standard InChI is InChI=1S/C22H26N4O2/c23-15-17(22(27)28-16-9-3-1-4-10-16)20-21(26-13-7-2-8-14-26)25-19-12-6-5-11-18(19)24-20/h5-6,11-12,16-17H,1-4,7-10,13-14H2/t17-/m1/s1. The highest BCUT2D eigenvalue weighted by molar-refractivity contribution is 5.85. The molecule has 1 aromatic carbocycles. The van der Waals surface area contributed by atoms with Crippen molar-refractivity contribution < 1.29 is 9.53 Å². The molecule has 0 radical (unpaired) electrons. The molecule has 2 heterocycles. The molecule has 0 bridgehead atoms. The summed E-state index contributed by atoms with van der Waals surface area (Å²) in [5.74, 6) is -0.876. The number of hydrogen-bond donors (Lipinski definition) is 0. The van der Waals surface area contributed by atoms with Crippen LogP contribution in [0.4, 0.5) is 5.82 Å². The number of benzene rings is 1. The van der Waals surface area contributed by atoms with Gasteiger partial charge >= 0.3 is 5.97 Å². The van der Waals surface area contributed by atoms with E-state index in [0.29, 0.717) is 17.0 Å². The van der Waals surface area contributed by atoms with Gasteiger partial charge in [0.15, 0.2) is 11.7 Å². The molecule has 4 rings (SSSR count). The first-order valence-electron chi connectivity index (χ1n) is 10.4. The van der Waals surface area contributed by atoms with Gasteiger partial charge in [0, 0.05) is 13.1 Å². The molecule has 2 aromatic rings. The van der Waals surface area contributed by atoms with Crippen LogP contribution in [-0.2, 0) is 9.53 Å². The Hall–Kier alpha value is -2.68. The van der Waals surface area contributed by atoms with Crippen molar-refractivity contribution in [3.8, 4) is 6.07 Å². The number of carbonyl (C=O) groups is 1. The normalized spacial score (nSPS) is 19.2. The average Bonchev–Trinajstić information content (AvgIpc) is 2.75. The zero-order valence-electron chi connectivity index (χ0n) is 16.1. The minimum Gasteiger partial charge on any atom is -0.461 e. The highest BCUT2D eigenvalue weighted by atomic mass is 16.5. The summed E-state index contributed by atoms with van der Waals surface area (Å²) in [6.45, 7) is 1.74. The SMILES string of the molecule is N#C[C@@H](C(=O)OC1CCCCC1)c1nc2ccccc2nc1N1CCCCC1. The molecular weight excluding hydrogens is 352 g/mol. The van der Waals surface area contributed by atoms with Crippen LogP contribution in [-0.4, -0.2) is 35.1 Å². The Morgan fingerprint density at radius 1 is 1.04 bits per heavy atom. The fraction of sp³-hybridized carbons (Fsp3) is 0.545. The summed E-state index contributed by atoms with van der Waals surface area (Å²) in [6, 6.07) is 9.75. The van der Waals surface area contributed by atoms with Crippen LogP contribution >= 0.6 is 0 Å². The molecule has 0 unspecified atom stereocenters. The van der Waals surface area contributed by atoms with E-state index in [1.807, 2.05) is 24.3 Å². The van der Waals surface area contributed by atoms with E-state index in [1.165, 1.54) is 12.8 Å². The maximum absolute atomic E-state index is 12.9. The van der Waals surface area contributed by atoms with Crippen molar-refractivity contribution in [2.45, 2.75) is 63.4 Å². The summed E-state index contributed by atoms with van der Waals surface area (Å²) in [4.78, 5) is 24.6. The number of carbonyl (C=O) groups excluding carboxylic acids is 1. The largest absolute Gasteiger partial charge is 0.461 e. The minimum atomic E-state index is -1.05. The number of nitriles is 1. The number of esters is 1. The van der Waals surface area contributed by atoms with E-state index < -0.39 is 11.9 Å². The number of nitrogens with zero attached hydrogens (tertiary/aromatic N) is 4. The summed E-state index contributed by atoms with van der Waals surface area (Å²) in [6.07, 6.45) is 8.37. The van der Waals surface area contributed by atoms with Gasteiger partial charge in [-0.15, -0.1) is 0 Å². The number of hydrogen-bond acceptors (Lipinski definition) is 6. The van der Waals surface area contributed by atoms with Crippen molar-refractivity contribution in [2.75, 3.05) is 18.0 Å². The van der Waals surface area contributed by atoms with E-state index in [1.54, 1.807) is 0 Å². The van der Waals surface area contributed by atoms with Crippen LogP contribution in [0.25, 0.3) is 11.0 Å². The summed E-state index contributed by atoms with van der Waals surface area (Å²) in [5, 5.41) is 9.84. The zero-order chi connectivity index (χ0) is 19.3. The second-order valence-electron chi connectivity index (χ2n) is 7.73. The fourth-order valence-electron chi connectivity index (χ4n) is 4.18. The summed E-state index contributed by atoms with van der Waals surface area (Å²) in [5.41, 5.74) is 1.91. The molecule has 6 nitrogen and oxygen atoms in total. The number of ether oxygens (including phenoxy) is 1. The third-order valence-electron chi connectivity index (χ3n) is 5.71. The Balaban J connectivity index is 1.69. The first-order valence-corrected chi connectivity index (χ1v) is 10.4. The van der Waals surface area contributed by atoms with Crippen molar-refractivity contribution in [1.82, 2.24) is 9.97 Å². The molecule has 0 N–H and O–H groups in total. The van der Waals surface area contributed by atoms with Gasteiger partial charge in [-0.25, -0.2) is 9.97 Å². The van der Waals surface area contributed by atoms with Gasteiger partial charge in [0.25, 0.3) is 0 Å². The molecule has 0 amide bonds. The molecule has 1 aliphatic carbocycles. The maximum atomic E-state index is 12.9. The van der Waals surface area contributed by atoms with Gasteiger partial charge in [-0.05, 0) is 57.1 Å². The second kappa shape index (κ2) is 8.55. The average molecular weight is 378 g/mol. The van der Waals surface area contributed by atoms with Crippen molar-refractivity contribution >= 4 is 22.8 Å². The van der Waals surface area contributed by atoms with Gasteiger partial charge in [0.1, 0.15) is 11.8 Å². The van der Waals surface area contributed by atoms with Crippen molar-refractivity contribution in [3.63, 3.8) is 0 Å². The summed E-state index contributed by atoms with van der Waals surface area (Å²) < 4.78 is 5.71. The molecule has 2 fully saturated rings. The number of anilines is 1. The number of para-hydroxylation sites is 2. The molecule has 0 spiro atoms. The van der Waals surface area contributed by atoms with Crippen LogP contribution in [0.1, 0.15) is 63.0 Å². The van der Waals surface area contributed by atoms with Gasteiger partial charge in [0.05, 0.1) is 17.1 Å². The fourth-order valence-corrected chi connectivity index (χ4v) is 4.18. The maximum Gasteiger partial charge on any atom is 0.329 e. The zero-order valence-corrected chi connectivity index (χ0v) is 16.1. The second-order valence-corrected chi connectivity index (χ2v) is 7.73. The molecular formula is C22H26N4O2. The number of rotatable bonds is 4. The lowest BCUT2D eigenvalue weighted by atomic mass is 9.97. The van der Waals surface area contributed by atoms with Crippen molar-refractivity contribution in [1.29, 1.82) is 5.26 Å². The number of piperidine rings is 1. The van der Waals surface area contributed by atoms with Gasteiger partial charge < -0.3 is 9.64 Å². The van der Waals surface area contributed by atoms with Crippen molar-refractivity contribution in [2.24, 2.45) is 0 Å². The van der Waals surface area contributed by atoms with E-state index in [0.717, 1.165) is 57.1 Å². The molecule has 28 heavy (non-hydrogen) atoms. The van der Waals surface area contributed by atoms with Gasteiger partial charge in [-0.2, -0.15) is 5.26 Å². The Morgan fingerprint density at radius 2 is 1.68 bits per heavy atom. The third-order valence-corrected chi connectivity index (χ3v) is 5.71. The molecule has 6 heteroatoms. The topological polar surface area (TPSA) is 79.1 Å². The van der Waals surface area contributed by atoms with E-state index in [9.17, 15) is 10.1 Å². The third kappa shape index (κ3) is 3.94. The predicted molar refractivity (Wildman–Crippen MR) is 107 cm³/mol. The van der Waals surface area contributed by atoms with Crippen LogP contribution < -0.4 is 4.90 Å². The van der Waals surface area contributed by atoms with E-state index in [-0.39, 0.29) is 6.10 Å². The van der Waals surface area contributed by atoms with Gasteiger partial charge in [0.2, 0.25) is 0 Å². The number of fused-ring (bicyclic) bond motifs is 1.